The second-order valence-electron chi connectivity index (χ2n) is 4.62. The monoisotopic (exact) mass is 206 g/mol. The van der Waals surface area contributed by atoms with Crippen molar-refractivity contribution in [2.75, 3.05) is 7.11 Å². The molecule has 15 heavy (non-hydrogen) atoms. The SMILES string of the molecule is COc1ccccc1CC(C)(O)C1CC1. The quantitative estimate of drug-likeness (QED) is 0.819. The summed E-state index contributed by atoms with van der Waals surface area (Å²) in [6.07, 6.45) is 2.99. The first-order valence-corrected chi connectivity index (χ1v) is 5.48. The van der Waals surface area contributed by atoms with Gasteiger partial charge in [-0.05, 0) is 37.3 Å². The van der Waals surface area contributed by atoms with Gasteiger partial charge in [-0.2, -0.15) is 0 Å². The van der Waals surface area contributed by atoms with Gasteiger partial charge < -0.3 is 9.84 Å². The smallest absolute Gasteiger partial charge is 0.122 e. The lowest BCUT2D eigenvalue weighted by atomic mass is 9.91. The molecule has 0 aliphatic heterocycles. The number of aliphatic hydroxyl groups is 1. The van der Waals surface area contributed by atoms with Gasteiger partial charge >= 0.3 is 0 Å². The van der Waals surface area contributed by atoms with E-state index in [0.717, 1.165) is 24.2 Å². The summed E-state index contributed by atoms with van der Waals surface area (Å²) in [5.41, 5.74) is 0.520. The minimum absolute atomic E-state index is 0.474. The van der Waals surface area contributed by atoms with Crippen LogP contribution in [0.15, 0.2) is 24.3 Å². The molecule has 1 unspecified atom stereocenters. The van der Waals surface area contributed by atoms with E-state index in [1.54, 1.807) is 7.11 Å². The van der Waals surface area contributed by atoms with Crippen LogP contribution in [0.4, 0.5) is 0 Å². The maximum atomic E-state index is 10.3. The van der Waals surface area contributed by atoms with Gasteiger partial charge in [0.25, 0.3) is 0 Å². The molecule has 1 aromatic rings. The third-order valence-corrected chi connectivity index (χ3v) is 3.20. The van der Waals surface area contributed by atoms with Gasteiger partial charge in [-0.25, -0.2) is 0 Å². The molecular formula is C13H18O2. The number of benzene rings is 1. The van der Waals surface area contributed by atoms with Gasteiger partial charge in [-0.1, -0.05) is 18.2 Å². The fourth-order valence-electron chi connectivity index (χ4n) is 2.08. The molecule has 1 fully saturated rings. The van der Waals surface area contributed by atoms with E-state index in [2.05, 4.69) is 0 Å². The van der Waals surface area contributed by atoms with Crippen molar-refractivity contribution in [3.63, 3.8) is 0 Å². The van der Waals surface area contributed by atoms with Crippen molar-refractivity contribution < 1.29 is 9.84 Å². The third-order valence-electron chi connectivity index (χ3n) is 3.20. The number of hydrogen-bond donors (Lipinski definition) is 1. The highest BCUT2D eigenvalue weighted by molar-refractivity contribution is 5.34. The zero-order chi connectivity index (χ0) is 10.9. The summed E-state index contributed by atoms with van der Waals surface area (Å²) in [5, 5.41) is 10.3. The number of methoxy groups -OCH3 is 1. The average Bonchev–Trinajstić information content (AvgIpc) is 3.01. The first-order chi connectivity index (χ1) is 7.13. The second kappa shape index (κ2) is 3.86. The van der Waals surface area contributed by atoms with Crippen molar-refractivity contribution in [2.45, 2.75) is 31.8 Å². The van der Waals surface area contributed by atoms with Crippen LogP contribution in [0.5, 0.6) is 5.75 Å². The molecule has 0 saturated heterocycles. The fraction of sp³-hybridized carbons (Fsp3) is 0.538. The Kier molecular flexibility index (Phi) is 2.70. The van der Waals surface area contributed by atoms with Crippen molar-refractivity contribution in [3.05, 3.63) is 29.8 Å². The van der Waals surface area contributed by atoms with Gasteiger partial charge in [0.1, 0.15) is 5.75 Å². The van der Waals surface area contributed by atoms with Crippen molar-refractivity contribution in [3.8, 4) is 5.75 Å². The molecule has 2 nitrogen and oxygen atoms in total. The fourth-order valence-corrected chi connectivity index (χ4v) is 2.08. The predicted molar refractivity (Wildman–Crippen MR) is 60.0 cm³/mol. The molecule has 0 heterocycles. The Balaban J connectivity index is 2.15. The molecule has 0 spiro atoms. The zero-order valence-corrected chi connectivity index (χ0v) is 9.36. The van der Waals surface area contributed by atoms with E-state index < -0.39 is 5.60 Å². The molecule has 0 aromatic heterocycles. The molecule has 0 bridgehead atoms. The van der Waals surface area contributed by atoms with Crippen LogP contribution in [0.2, 0.25) is 0 Å². The first kappa shape index (κ1) is 10.5. The van der Waals surface area contributed by atoms with E-state index >= 15 is 0 Å². The highest BCUT2D eigenvalue weighted by Crippen LogP contribution is 2.42. The highest BCUT2D eigenvalue weighted by Gasteiger charge is 2.40. The number of rotatable bonds is 4. The molecule has 1 N–H and O–H groups in total. The topological polar surface area (TPSA) is 29.5 Å². The van der Waals surface area contributed by atoms with Gasteiger partial charge in [-0.15, -0.1) is 0 Å². The van der Waals surface area contributed by atoms with Crippen LogP contribution in [0.3, 0.4) is 0 Å². The summed E-state index contributed by atoms with van der Waals surface area (Å²) in [7, 11) is 1.67. The zero-order valence-electron chi connectivity index (χ0n) is 9.36. The Morgan fingerprint density at radius 1 is 1.40 bits per heavy atom. The minimum Gasteiger partial charge on any atom is -0.496 e. The van der Waals surface area contributed by atoms with Gasteiger partial charge in [0.2, 0.25) is 0 Å². The van der Waals surface area contributed by atoms with E-state index in [1.807, 2.05) is 31.2 Å². The van der Waals surface area contributed by atoms with Crippen molar-refractivity contribution in [1.82, 2.24) is 0 Å². The van der Waals surface area contributed by atoms with Crippen LogP contribution in [-0.4, -0.2) is 17.8 Å². The molecule has 1 aromatic carbocycles. The lowest BCUT2D eigenvalue weighted by molar-refractivity contribution is 0.0366. The molecule has 1 saturated carbocycles. The molecule has 2 heteroatoms. The standard InChI is InChI=1S/C13H18O2/c1-13(14,11-7-8-11)9-10-5-3-4-6-12(10)15-2/h3-6,11,14H,7-9H2,1-2H3. The Hall–Kier alpha value is -1.02. The van der Waals surface area contributed by atoms with Crippen LogP contribution in [0.25, 0.3) is 0 Å². The summed E-state index contributed by atoms with van der Waals surface area (Å²) in [6, 6.07) is 7.91. The molecule has 0 radical (unpaired) electrons. The number of para-hydroxylation sites is 1. The van der Waals surface area contributed by atoms with E-state index in [4.69, 9.17) is 4.74 Å². The Bertz CT molecular complexity index is 340. The van der Waals surface area contributed by atoms with Crippen LogP contribution in [0.1, 0.15) is 25.3 Å². The number of hydrogen-bond acceptors (Lipinski definition) is 2. The molecule has 0 amide bonds. The molecular weight excluding hydrogens is 188 g/mol. The van der Waals surface area contributed by atoms with E-state index in [1.165, 1.54) is 0 Å². The van der Waals surface area contributed by atoms with Gasteiger partial charge in [0.15, 0.2) is 0 Å². The van der Waals surface area contributed by atoms with Gasteiger partial charge in [-0.3, -0.25) is 0 Å². The van der Waals surface area contributed by atoms with Crippen molar-refractivity contribution >= 4 is 0 Å². The van der Waals surface area contributed by atoms with Crippen LogP contribution in [0, 0.1) is 5.92 Å². The molecule has 1 aliphatic rings. The summed E-state index contributed by atoms with van der Waals surface area (Å²) in [6.45, 7) is 1.93. The molecule has 2 rings (SSSR count). The maximum absolute atomic E-state index is 10.3. The Morgan fingerprint density at radius 2 is 2.07 bits per heavy atom. The van der Waals surface area contributed by atoms with E-state index in [0.29, 0.717) is 12.3 Å². The summed E-state index contributed by atoms with van der Waals surface area (Å²) < 4.78 is 5.28. The molecule has 1 atom stereocenters. The second-order valence-corrected chi connectivity index (χ2v) is 4.62. The van der Waals surface area contributed by atoms with Gasteiger partial charge in [0, 0.05) is 6.42 Å². The summed E-state index contributed by atoms with van der Waals surface area (Å²) >= 11 is 0. The van der Waals surface area contributed by atoms with Crippen molar-refractivity contribution in [2.24, 2.45) is 5.92 Å². The third kappa shape index (κ3) is 2.32. The Morgan fingerprint density at radius 3 is 2.67 bits per heavy atom. The van der Waals surface area contributed by atoms with Gasteiger partial charge in [0.05, 0.1) is 12.7 Å². The largest absolute Gasteiger partial charge is 0.496 e. The van der Waals surface area contributed by atoms with Crippen LogP contribution in [-0.2, 0) is 6.42 Å². The van der Waals surface area contributed by atoms with E-state index in [9.17, 15) is 5.11 Å². The Labute approximate surface area is 90.9 Å². The average molecular weight is 206 g/mol. The lowest BCUT2D eigenvalue weighted by Gasteiger charge is -2.23. The number of ether oxygens (including phenoxy) is 1. The first-order valence-electron chi connectivity index (χ1n) is 5.48. The van der Waals surface area contributed by atoms with Crippen LogP contribution < -0.4 is 4.74 Å². The highest BCUT2D eigenvalue weighted by atomic mass is 16.5. The van der Waals surface area contributed by atoms with Crippen molar-refractivity contribution in [1.29, 1.82) is 0 Å². The lowest BCUT2D eigenvalue weighted by Crippen LogP contribution is -2.29. The van der Waals surface area contributed by atoms with Crippen LogP contribution >= 0.6 is 0 Å². The molecule has 1 aliphatic carbocycles. The normalized spacial score (nSPS) is 19.7. The minimum atomic E-state index is -0.575. The molecule has 82 valence electrons. The summed E-state index contributed by atoms with van der Waals surface area (Å²) in [5.74, 6) is 1.35. The maximum Gasteiger partial charge on any atom is 0.122 e. The predicted octanol–water partition coefficient (Wildman–Crippen LogP) is 2.40. The van der Waals surface area contributed by atoms with E-state index in [-0.39, 0.29) is 0 Å². The summed E-state index contributed by atoms with van der Waals surface area (Å²) in [4.78, 5) is 0.